The molecule has 1 saturated carbocycles. The molecule has 45 heavy (non-hydrogen) atoms. The summed E-state index contributed by atoms with van der Waals surface area (Å²) < 4.78 is 54.2. The van der Waals surface area contributed by atoms with Crippen LogP contribution in [0.1, 0.15) is 54.8 Å². The maximum atomic E-state index is 14.8. The Hall–Kier alpha value is -4.54. The van der Waals surface area contributed by atoms with Gasteiger partial charge in [0.15, 0.2) is 0 Å². The Morgan fingerprint density at radius 2 is 1.42 bits per heavy atom. The first-order valence-corrected chi connectivity index (χ1v) is 15.1. The molecule has 11 heteroatoms. The topological polar surface area (TPSA) is 78.0 Å². The number of nitrogens with zero attached hydrogens (tertiary/aromatic N) is 3. The average Bonchev–Trinajstić information content (AvgIpc) is 3.55. The number of urea groups is 1. The Kier molecular flexibility index (Phi) is 6.83. The van der Waals surface area contributed by atoms with E-state index >= 15 is 0 Å². The molecule has 3 heterocycles. The Bertz CT molecular complexity index is 1670. The molecule has 0 N–H and O–H groups in total. The Balaban J connectivity index is 1.42. The maximum Gasteiger partial charge on any atom is 0.416 e. The van der Waals surface area contributed by atoms with Crippen molar-refractivity contribution in [1.82, 2.24) is 9.80 Å². The molecule has 0 spiro atoms. The van der Waals surface area contributed by atoms with Crippen molar-refractivity contribution in [2.45, 2.75) is 62.3 Å². The summed E-state index contributed by atoms with van der Waals surface area (Å²) in [5, 5.41) is 0. The summed E-state index contributed by atoms with van der Waals surface area (Å²) >= 11 is 0. The van der Waals surface area contributed by atoms with E-state index in [2.05, 4.69) is 0 Å². The van der Waals surface area contributed by atoms with E-state index in [4.69, 9.17) is 0 Å². The fourth-order valence-corrected chi connectivity index (χ4v) is 7.93. The molecular weight excluding hydrogens is 590 g/mol. The number of alkyl halides is 3. The van der Waals surface area contributed by atoms with Crippen molar-refractivity contribution in [1.29, 1.82) is 0 Å². The first-order valence-electron chi connectivity index (χ1n) is 15.1. The van der Waals surface area contributed by atoms with Crippen molar-refractivity contribution in [3.05, 3.63) is 101 Å². The SMILES string of the molecule is O=C1[C@H]2[C@@H](c3ccc(F)cc3)N3C(=O)N(c4ccc(C(F)(F)F)cc4)C(=O)[C@@]3(Cc3ccccc3)[C@H]2C(=O)N1C1CCCCC1. The van der Waals surface area contributed by atoms with Gasteiger partial charge in [0.25, 0.3) is 5.91 Å². The second-order valence-corrected chi connectivity index (χ2v) is 12.3. The largest absolute Gasteiger partial charge is 0.416 e. The number of likely N-dealkylation sites (tertiary alicyclic amines) is 1. The molecule has 0 bridgehead atoms. The number of fused-ring (bicyclic) bond motifs is 3. The van der Waals surface area contributed by atoms with Gasteiger partial charge in [0.2, 0.25) is 11.8 Å². The number of amides is 5. The molecule has 0 aromatic heterocycles. The molecule has 232 valence electrons. The van der Waals surface area contributed by atoms with Gasteiger partial charge in [0, 0.05) is 12.5 Å². The lowest BCUT2D eigenvalue weighted by molar-refractivity contribution is -0.147. The lowest BCUT2D eigenvalue weighted by Crippen LogP contribution is -2.56. The smallest absolute Gasteiger partial charge is 0.300 e. The van der Waals surface area contributed by atoms with Gasteiger partial charge in [0.1, 0.15) is 11.4 Å². The number of imide groups is 2. The van der Waals surface area contributed by atoms with Crippen LogP contribution in [0.25, 0.3) is 0 Å². The zero-order valence-corrected chi connectivity index (χ0v) is 24.0. The van der Waals surface area contributed by atoms with E-state index in [0.29, 0.717) is 24.0 Å². The third-order valence-electron chi connectivity index (χ3n) is 9.84. The predicted molar refractivity (Wildman–Crippen MR) is 154 cm³/mol. The molecule has 5 amide bonds. The van der Waals surface area contributed by atoms with Gasteiger partial charge in [-0.2, -0.15) is 13.2 Å². The van der Waals surface area contributed by atoms with E-state index in [0.717, 1.165) is 48.4 Å². The summed E-state index contributed by atoms with van der Waals surface area (Å²) in [5.74, 6) is -4.68. The quantitative estimate of drug-likeness (QED) is 0.191. The Labute approximate surface area is 256 Å². The number of halogens is 4. The molecule has 3 aromatic rings. The maximum absolute atomic E-state index is 14.8. The number of benzene rings is 3. The second kappa shape index (κ2) is 10.5. The predicted octanol–water partition coefficient (Wildman–Crippen LogP) is 6.28. The highest BCUT2D eigenvalue weighted by atomic mass is 19.4. The molecule has 1 aliphatic carbocycles. The van der Waals surface area contributed by atoms with Gasteiger partial charge in [0.05, 0.1) is 29.1 Å². The first-order chi connectivity index (χ1) is 21.5. The zero-order chi connectivity index (χ0) is 31.7. The number of carbonyl (C=O) groups excluding carboxylic acids is 4. The normalized spacial score (nSPS) is 27.0. The summed E-state index contributed by atoms with van der Waals surface area (Å²) in [6, 6.07) is 15.5. The van der Waals surface area contributed by atoms with E-state index in [1.54, 1.807) is 30.3 Å². The highest BCUT2D eigenvalue weighted by Crippen LogP contribution is 2.60. The van der Waals surface area contributed by atoms with Gasteiger partial charge < -0.3 is 4.90 Å². The molecule has 3 saturated heterocycles. The molecule has 4 aliphatic rings. The van der Waals surface area contributed by atoms with E-state index in [1.165, 1.54) is 34.1 Å². The van der Waals surface area contributed by atoms with Gasteiger partial charge in [-0.15, -0.1) is 0 Å². The molecule has 3 aliphatic heterocycles. The summed E-state index contributed by atoms with van der Waals surface area (Å²) in [4.78, 5) is 61.5. The lowest BCUT2D eigenvalue weighted by Gasteiger charge is -2.37. The summed E-state index contributed by atoms with van der Waals surface area (Å²) in [6.07, 6.45) is -0.787. The monoisotopic (exact) mass is 619 g/mol. The van der Waals surface area contributed by atoms with Gasteiger partial charge in [-0.25, -0.2) is 14.1 Å². The highest BCUT2D eigenvalue weighted by Gasteiger charge is 2.77. The van der Waals surface area contributed by atoms with Crippen LogP contribution in [0.3, 0.4) is 0 Å². The number of hydrogen-bond donors (Lipinski definition) is 0. The van der Waals surface area contributed by atoms with Crippen LogP contribution in [0.5, 0.6) is 0 Å². The van der Waals surface area contributed by atoms with Crippen molar-refractivity contribution in [3.63, 3.8) is 0 Å². The number of hydrogen-bond acceptors (Lipinski definition) is 4. The molecule has 0 unspecified atom stereocenters. The first kappa shape index (κ1) is 29.2. The van der Waals surface area contributed by atoms with Crippen LogP contribution in [-0.2, 0) is 27.0 Å². The van der Waals surface area contributed by atoms with E-state index in [-0.39, 0.29) is 18.2 Å². The van der Waals surface area contributed by atoms with Crippen LogP contribution in [0.2, 0.25) is 0 Å². The average molecular weight is 620 g/mol. The molecule has 3 aromatic carbocycles. The van der Waals surface area contributed by atoms with Crippen molar-refractivity contribution in [2.24, 2.45) is 11.8 Å². The van der Waals surface area contributed by atoms with Gasteiger partial charge >= 0.3 is 12.2 Å². The van der Waals surface area contributed by atoms with Crippen LogP contribution in [0.15, 0.2) is 78.9 Å². The van der Waals surface area contributed by atoms with E-state index < -0.39 is 64.7 Å². The Morgan fingerprint density at radius 1 is 0.778 bits per heavy atom. The van der Waals surface area contributed by atoms with Crippen molar-refractivity contribution >= 4 is 29.4 Å². The van der Waals surface area contributed by atoms with Crippen molar-refractivity contribution < 1.29 is 36.7 Å². The minimum Gasteiger partial charge on any atom is -0.300 e. The number of anilines is 1. The standard InChI is InChI=1S/C34H29F4N3O4/c35-23-15-11-21(12-16-23)28-26-27(30(43)39(29(26)42)24-9-5-2-6-10-24)33(19-20-7-3-1-4-8-20)31(44)40(32(45)41(28)33)25-17-13-22(14-18-25)34(36,37)38/h1,3-4,7-8,11-18,24,26-28H,2,5-6,9-10,19H2/t26-,27-,28-,33-/m1/s1. The Morgan fingerprint density at radius 3 is 2.04 bits per heavy atom. The molecule has 4 atom stereocenters. The fraction of sp³-hybridized carbons (Fsp3) is 0.353. The van der Waals surface area contributed by atoms with Gasteiger partial charge in [-0.1, -0.05) is 61.7 Å². The molecule has 4 fully saturated rings. The number of carbonyl (C=O) groups is 4. The summed E-state index contributed by atoms with van der Waals surface area (Å²) in [6.45, 7) is 0. The van der Waals surface area contributed by atoms with Crippen molar-refractivity contribution in [3.8, 4) is 0 Å². The minimum atomic E-state index is -4.63. The van der Waals surface area contributed by atoms with Crippen LogP contribution in [0.4, 0.5) is 28.0 Å². The van der Waals surface area contributed by atoms with Crippen LogP contribution < -0.4 is 4.90 Å². The fourth-order valence-electron chi connectivity index (χ4n) is 7.93. The molecular formula is C34H29F4N3O4. The van der Waals surface area contributed by atoms with E-state index in [1.807, 2.05) is 0 Å². The summed E-state index contributed by atoms with van der Waals surface area (Å²) in [7, 11) is 0. The van der Waals surface area contributed by atoms with Crippen LogP contribution >= 0.6 is 0 Å². The highest BCUT2D eigenvalue weighted by molar-refractivity contribution is 6.27. The van der Waals surface area contributed by atoms with Crippen molar-refractivity contribution in [2.75, 3.05) is 4.90 Å². The third-order valence-corrected chi connectivity index (χ3v) is 9.84. The third kappa shape index (κ3) is 4.38. The molecule has 0 radical (unpaired) electrons. The van der Waals surface area contributed by atoms with Gasteiger partial charge in [-0.3, -0.25) is 19.3 Å². The zero-order valence-electron chi connectivity index (χ0n) is 24.0. The lowest BCUT2D eigenvalue weighted by atomic mass is 9.75. The second-order valence-electron chi connectivity index (χ2n) is 12.3. The van der Waals surface area contributed by atoms with E-state index in [9.17, 15) is 36.7 Å². The van der Waals surface area contributed by atoms with Crippen LogP contribution in [0, 0.1) is 17.7 Å². The molecule has 7 rings (SSSR count). The van der Waals surface area contributed by atoms with Gasteiger partial charge in [-0.05, 0) is 60.4 Å². The minimum absolute atomic E-state index is 0.0878. The van der Waals surface area contributed by atoms with Crippen LogP contribution in [-0.4, -0.2) is 45.1 Å². The summed E-state index contributed by atoms with van der Waals surface area (Å²) in [5.41, 5.74) is -1.89. The molecule has 7 nitrogen and oxygen atoms in total. The number of rotatable bonds is 5.